The molecule has 2 aliphatic heterocycles. The SMILES string of the molecule is CC1CCC(=O)N1c1ccc(NC(=O)NCc2nnc3n2CCCCC3)cc1. The molecule has 1 saturated heterocycles. The van der Waals surface area contributed by atoms with Gasteiger partial charge >= 0.3 is 6.03 Å². The van der Waals surface area contributed by atoms with E-state index in [1.807, 2.05) is 29.2 Å². The summed E-state index contributed by atoms with van der Waals surface area (Å²) in [5.74, 6) is 1.96. The number of carbonyl (C=O) groups is 2. The molecule has 1 unspecified atom stereocenters. The second-order valence-corrected chi connectivity index (χ2v) is 7.50. The van der Waals surface area contributed by atoms with Gasteiger partial charge in [0.15, 0.2) is 5.82 Å². The Balaban J connectivity index is 1.33. The molecule has 0 saturated carbocycles. The fourth-order valence-corrected chi connectivity index (χ4v) is 3.94. The number of amides is 3. The molecule has 28 heavy (non-hydrogen) atoms. The van der Waals surface area contributed by atoms with Crippen LogP contribution in [0.5, 0.6) is 0 Å². The van der Waals surface area contributed by atoms with Gasteiger partial charge < -0.3 is 20.1 Å². The third-order valence-corrected chi connectivity index (χ3v) is 5.48. The summed E-state index contributed by atoms with van der Waals surface area (Å²) in [6.45, 7) is 3.31. The molecule has 1 fully saturated rings. The van der Waals surface area contributed by atoms with Crippen LogP contribution in [0.25, 0.3) is 0 Å². The molecule has 0 bridgehead atoms. The van der Waals surface area contributed by atoms with Gasteiger partial charge in [-0.25, -0.2) is 4.79 Å². The lowest BCUT2D eigenvalue weighted by atomic mass is 10.2. The van der Waals surface area contributed by atoms with Crippen LogP contribution in [-0.2, 0) is 24.3 Å². The molecule has 0 spiro atoms. The number of anilines is 2. The number of aromatic nitrogens is 3. The van der Waals surface area contributed by atoms with Crippen molar-refractivity contribution in [2.75, 3.05) is 10.2 Å². The number of urea groups is 1. The molecule has 8 nitrogen and oxygen atoms in total. The Hall–Kier alpha value is -2.90. The van der Waals surface area contributed by atoms with Crippen LogP contribution in [0.3, 0.4) is 0 Å². The fourth-order valence-electron chi connectivity index (χ4n) is 3.94. The zero-order valence-corrected chi connectivity index (χ0v) is 16.1. The predicted molar refractivity (Wildman–Crippen MR) is 106 cm³/mol. The molecule has 0 aliphatic carbocycles. The van der Waals surface area contributed by atoms with E-state index in [2.05, 4.69) is 32.3 Å². The predicted octanol–water partition coefficient (Wildman–Crippen LogP) is 2.84. The minimum Gasteiger partial charge on any atom is -0.331 e. The van der Waals surface area contributed by atoms with Crippen LogP contribution < -0.4 is 15.5 Å². The van der Waals surface area contributed by atoms with Gasteiger partial charge in [-0.05, 0) is 50.5 Å². The van der Waals surface area contributed by atoms with Crippen LogP contribution in [0.2, 0.25) is 0 Å². The van der Waals surface area contributed by atoms with Gasteiger partial charge in [-0.15, -0.1) is 10.2 Å². The van der Waals surface area contributed by atoms with E-state index in [0.29, 0.717) is 18.7 Å². The van der Waals surface area contributed by atoms with Crippen molar-refractivity contribution in [1.82, 2.24) is 20.1 Å². The zero-order chi connectivity index (χ0) is 19.5. The van der Waals surface area contributed by atoms with Crippen molar-refractivity contribution in [2.24, 2.45) is 0 Å². The molecular weight excluding hydrogens is 356 g/mol. The monoisotopic (exact) mass is 382 g/mol. The van der Waals surface area contributed by atoms with Crippen molar-refractivity contribution in [3.8, 4) is 0 Å². The zero-order valence-electron chi connectivity index (χ0n) is 16.1. The quantitative estimate of drug-likeness (QED) is 0.850. The number of nitrogens with one attached hydrogen (secondary N) is 2. The molecule has 1 aromatic heterocycles. The molecule has 3 heterocycles. The lowest BCUT2D eigenvalue weighted by Crippen LogP contribution is -2.31. The summed E-state index contributed by atoms with van der Waals surface area (Å²) in [5.41, 5.74) is 1.55. The molecular formula is C20H26N6O2. The van der Waals surface area contributed by atoms with E-state index in [-0.39, 0.29) is 18.0 Å². The van der Waals surface area contributed by atoms with E-state index in [1.54, 1.807) is 0 Å². The first-order valence-corrected chi connectivity index (χ1v) is 10.00. The summed E-state index contributed by atoms with van der Waals surface area (Å²) >= 11 is 0. The average Bonchev–Trinajstić information content (AvgIpc) is 3.13. The van der Waals surface area contributed by atoms with Gasteiger partial charge in [0.1, 0.15) is 5.82 Å². The van der Waals surface area contributed by atoms with Crippen molar-refractivity contribution >= 4 is 23.3 Å². The van der Waals surface area contributed by atoms with Crippen molar-refractivity contribution in [3.05, 3.63) is 35.9 Å². The first-order valence-electron chi connectivity index (χ1n) is 10.00. The molecule has 148 valence electrons. The maximum absolute atomic E-state index is 12.2. The molecule has 4 rings (SSSR count). The smallest absolute Gasteiger partial charge is 0.319 e. The number of hydrogen-bond acceptors (Lipinski definition) is 4. The highest BCUT2D eigenvalue weighted by molar-refractivity contribution is 5.96. The Morgan fingerprint density at radius 1 is 1.14 bits per heavy atom. The summed E-state index contributed by atoms with van der Waals surface area (Å²) in [6, 6.07) is 7.30. The number of rotatable bonds is 4. The normalized spacial score (nSPS) is 19.2. The van der Waals surface area contributed by atoms with E-state index in [1.165, 1.54) is 6.42 Å². The molecule has 8 heteroatoms. The molecule has 2 N–H and O–H groups in total. The standard InChI is InChI=1S/C20H26N6O2/c1-14-6-11-19(27)26(14)16-9-7-15(8-10-16)22-20(28)21-13-18-24-23-17-5-3-2-4-12-25(17)18/h7-10,14H,2-6,11-13H2,1H3,(H2,21,22,28). The van der Waals surface area contributed by atoms with Crippen LogP contribution in [0.15, 0.2) is 24.3 Å². The molecule has 3 amide bonds. The van der Waals surface area contributed by atoms with Gasteiger partial charge in [-0.3, -0.25) is 4.79 Å². The third kappa shape index (κ3) is 3.85. The van der Waals surface area contributed by atoms with Gasteiger partial charge in [0.25, 0.3) is 0 Å². The van der Waals surface area contributed by atoms with Gasteiger partial charge in [-0.2, -0.15) is 0 Å². The molecule has 2 aliphatic rings. The van der Waals surface area contributed by atoms with Crippen LogP contribution >= 0.6 is 0 Å². The fraction of sp³-hybridized carbons (Fsp3) is 0.500. The summed E-state index contributed by atoms with van der Waals surface area (Å²) in [4.78, 5) is 26.1. The minimum absolute atomic E-state index is 0.151. The maximum Gasteiger partial charge on any atom is 0.319 e. The van der Waals surface area contributed by atoms with E-state index in [0.717, 1.165) is 49.6 Å². The highest BCUT2D eigenvalue weighted by atomic mass is 16.2. The lowest BCUT2D eigenvalue weighted by molar-refractivity contribution is -0.117. The average molecular weight is 382 g/mol. The number of hydrogen-bond donors (Lipinski definition) is 2. The van der Waals surface area contributed by atoms with E-state index in [9.17, 15) is 9.59 Å². The largest absolute Gasteiger partial charge is 0.331 e. The second kappa shape index (κ2) is 8.00. The van der Waals surface area contributed by atoms with Gasteiger partial charge in [0.05, 0.1) is 6.54 Å². The van der Waals surface area contributed by atoms with Crippen molar-refractivity contribution in [2.45, 2.75) is 64.6 Å². The van der Waals surface area contributed by atoms with Gasteiger partial charge in [0.2, 0.25) is 5.91 Å². The summed E-state index contributed by atoms with van der Waals surface area (Å²) in [5, 5.41) is 14.1. The summed E-state index contributed by atoms with van der Waals surface area (Å²) in [6.07, 6.45) is 5.89. The summed E-state index contributed by atoms with van der Waals surface area (Å²) in [7, 11) is 0. The van der Waals surface area contributed by atoms with Crippen LogP contribution in [0.4, 0.5) is 16.2 Å². The van der Waals surface area contributed by atoms with Gasteiger partial charge in [-0.1, -0.05) is 6.42 Å². The highest BCUT2D eigenvalue weighted by Crippen LogP contribution is 2.27. The first-order chi connectivity index (χ1) is 13.6. The van der Waals surface area contributed by atoms with E-state index >= 15 is 0 Å². The Bertz CT molecular complexity index is 860. The van der Waals surface area contributed by atoms with Crippen LogP contribution in [0, 0.1) is 0 Å². The van der Waals surface area contributed by atoms with Crippen LogP contribution in [0.1, 0.15) is 50.7 Å². The molecule has 2 aromatic rings. The van der Waals surface area contributed by atoms with Crippen molar-refractivity contribution in [1.29, 1.82) is 0 Å². The maximum atomic E-state index is 12.2. The number of benzene rings is 1. The molecule has 1 atom stereocenters. The van der Waals surface area contributed by atoms with Gasteiger partial charge in [0, 0.05) is 36.8 Å². The topological polar surface area (TPSA) is 92.2 Å². The Morgan fingerprint density at radius 3 is 2.71 bits per heavy atom. The Labute approximate surface area is 164 Å². The Kier molecular flexibility index (Phi) is 5.27. The van der Waals surface area contributed by atoms with Crippen LogP contribution in [-0.4, -0.2) is 32.7 Å². The summed E-state index contributed by atoms with van der Waals surface area (Å²) < 4.78 is 2.12. The van der Waals surface area contributed by atoms with Crippen molar-refractivity contribution < 1.29 is 9.59 Å². The number of nitrogens with zero attached hydrogens (tertiary/aromatic N) is 4. The van der Waals surface area contributed by atoms with E-state index < -0.39 is 0 Å². The second-order valence-electron chi connectivity index (χ2n) is 7.50. The number of carbonyl (C=O) groups excluding carboxylic acids is 2. The lowest BCUT2D eigenvalue weighted by Gasteiger charge is -2.22. The third-order valence-electron chi connectivity index (χ3n) is 5.48. The first kappa shape index (κ1) is 18.5. The highest BCUT2D eigenvalue weighted by Gasteiger charge is 2.28. The Morgan fingerprint density at radius 2 is 1.96 bits per heavy atom. The minimum atomic E-state index is -0.288. The molecule has 1 aromatic carbocycles. The van der Waals surface area contributed by atoms with Crippen molar-refractivity contribution in [3.63, 3.8) is 0 Å². The molecule has 0 radical (unpaired) electrons. The number of fused-ring (bicyclic) bond motifs is 1. The number of aryl methyl sites for hydroxylation is 1. The van der Waals surface area contributed by atoms with E-state index in [4.69, 9.17) is 0 Å².